The van der Waals surface area contributed by atoms with Gasteiger partial charge in [-0.05, 0) is 42.5 Å². The average Bonchev–Trinajstić information content (AvgIpc) is 2.76. The number of aliphatic hydroxyl groups excluding tert-OH is 1. The number of methoxy groups -OCH3 is 1. The first-order valence-electron chi connectivity index (χ1n) is 6.82. The number of ether oxygens (including phenoxy) is 2. The predicted octanol–water partition coefficient (Wildman–Crippen LogP) is 2.75. The van der Waals surface area contributed by atoms with Crippen LogP contribution in [0.3, 0.4) is 0 Å². The predicted molar refractivity (Wildman–Crippen MR) is 74.0 cm³/mol. The molecule has 1 N–H and O–H groups in total. The van der Waals surface area contributed by atoms with Crippen LogP contribution < -0.4 is 4.74 Å². The summed E-state index contributed by atoms with van der Waals surface area (Å²) in [7, 11) is 1.68. The van der Waals surface area contributed by atoms with E-state index in [0.717, 1.165) is 42.6 Å². The number of hydrogen-bond donors (Lipinski definition) is 1. The maximum absolute atomic E-state index is 10.5. The largest absolute Gasteiger partial charge is 0.493 e. The lowest BCUT2D eigenvalue weighted by Crippen LogP contribution is -2.50. The summed E-state index contributed by atoms with van der Waals surface area (Å²) < 4.78 is 11.2. The van der Waals surface area contributed by atoms with E-state index in [1.807, 2.05) is 12.1 Å². The van der Waals surface area contributed by atoms with Crippen molar-refractivity contribution in [3.63, 3.8) is 0 Å². The standard InChI is InChI=1S/C15H19ClO3/c1-18-15(4-2-5-15)13(17)9-11-8-12(16)7-10-3-6-19-14(10)11/h7-8,13,17H,2-6,9H2,1H3. The van der Waals surface area contributed by atoms with Gasteiger partial charge in [0.15, 0.2) is 0 Å². The van der Waals surface area contributed by atoms with Gasteiger partial charge in [0, 0.05) is 25.0 Å². The van der Waals surface area contributed by atoms with E-state index >= 15 is 0 Å². The molecular weight excluding hydrogens is 264 g/mol. The monoisotopic (exact) mass is 282 g/mol. The summed E-state index contributed by atoms with van der Waals surface area (Å²) in [6.07, 6.45) is 3.90. The van der Waals surface area contributed by atoms with Crippen LogP contribution in [-0.4, -0.2) is 30.5 Å². The van der Waals surface area contributed by atoms with E-state index in [0.29, 0.717) is 18.1 Å². The zero-order valence-corrected chi connectivity index (χ0v) is 11.9. The molecule has 1 aliphatic heterocycles. The molecule has 19 heavy (non-hydrogen) atoms. The van der Waals surface area contributed by atoms with Gasteiger partial charge in [0.05, 0.1) is 18.3 Å². The molecule has 3 rings (SSSR count). The molecule has 0 radical (unpaired) electrons. The molecule has 1 unspecified atom stereocenters. The van der Waals surface area contributed by atoms with Crippen molar-refractivity contribution in [2.75, 3.05) is 13.7 Å². The molecule has 0 saturated heterocycles. The summed E-state index contributed by atoms with van der Waals surface area (Å²) >= 11 is 6.14. The second-order valence-corrected chi connectivity index (χ2v) is 5.93. The Labute approximate surface area is 118 Å². The van der Waals surface area contributed by atoms with Gasteiger partial charge < -0.3 is 14.6 Å². The fourth-order valence-corrected chi connectivity index (χ4v) is 3.35. The molecule has 1 aliphatic carbocycles. The highest BCUT2D eigenvalue weighted by molar-refractivity contribution is 6.30. The van der Waals surface area contributed by atoms with Crippen LogP contribution in [0.15, 0.2) is 12.1 Å². The van der Waals surface area contributed by atoms with Crippen molar-refractivity contribution in [1.29, 1.82) is 0 Å². The normalized spacial score (nSPS) is 21.4. The smallest absolute Gasteiger partial charge is 0.126 e. The summed E-state index contributed by atoms with van der Waals surface area (Å²) in [4.78, 5) is 0. The van der Waals surface area contributed by atoms with Gasteiger partial charge in [-0.15, -0.1) is 0 Å². The SMILES string of the molecule is COC1(C(O)Cc2cc(Cl)cc3c2OCC3)CCC1. The molecule has 1 fully saturated rings. The van der Waals surface area contributed by atoms with Gasteiger partial charge in [-0.1, -0.05) is 11.6 Å². The molecule has 1 heterocycles. The number of aliphatic hydroxyl groups is 1. The van der Waals surface area contributed by atoms with Gasteiger partial charge in [0.1, 0.15) is 5.75 Å². The maximum atomic E-state index is 10.5. The quantitative estimate of drug-likeness (QED) is 0.923. The van der Waals surface area contributed by atoms with Crippen LogP contribution in [0.25, 0.3) is 0 Å². The molecule has 1 atom stereocenters. The third-order valence-electron chi connectivity index (χ3n) is 4.45. The first-order chi connectivity index (χ1) is 9.14. The Balaban J connectivity index is 1.83. The first-order valence-corrected chi connectivity index (χ1v) is 7.20. The molecular formula is C15H19ClO3. The van der Waals surface area contributed by atoms with Gasteiger partial charge in [-0.2, -0.15) is 0 Å². The van der Waals surface area contributed by atoms with Crippen LogP contribution in [0.2, 0.25) is 5.02 Å². The minimum atomic E-state index is -0.502. The summed E-state index contributed by atoms with van der Waals surface area (Å²) in [6, 6.07) is 3.85. The Morgan fingerprint density at radius 2 is 2.26 bits per heavy atom. The van der Waals surface area contributed by atoms with Crippen LogP contribution >= 0.6 is 11.6 Å². The van der Waals surface area contributed by atoms with Gasteiger partial charge in [-0.3, -0.25) is 0 Å². The number of hydrogen-bond acceptors (Lipinski definition) is 3. The van der Waals surface area contributed by atoms with Gasteiger partial charge in [-0.25, -0.2) is 0 Å². The molecule has 1 aromatic rings. The van der Waals surface area contributed by atoms with Gasteiger partial charge >= 0.3 is 0 Å². The van der Waals surface area contributed by atoms with Crippen molar-refractivity contribution in [1.82, 2.24) is 0 Å². The lowest BCUT2D eigenvalue weighted by Gasteiger charge is -2.44. The zero-order chi connectivity index (χ0) is 13.5. The highest BCUT2D eigenvalue weighted by atomic mass is 35.5. The molecule has 0 spiro atoms. The van der Waals surface area contributed by atoms with E-state index in [-0.39, 0.29) is 5.60 Å². The molecule has 1 aromatic carbocycles. The van der Waals surface area contributed by atoms with Crippen molar-refractivity contribution >= 4 is 11.6 Å². The van der Waals surface area contributed by atoms with E-state index in [1.54, 1.807) is 7.11 Å². The van der Waals surface area contributed by atoms with Gasteiger partial charge in [0.2, 0.25) is 0 Å². The Kier molecular flexibility index (Phi) is 3.46. The second-order valence-electron chi connectivity index (χ2n) is 5.49. The van der Waals surface area contributed by atoms with E-state index in [1.165, 1.54) is 0 Å². The molecule has 0 bridgehead atoms. The molecule has 4 heteroatoms. The Hall–Kier alpha value is -0.770. The van der Waals surface area contributed by atoms with Crippen LogP contribution in [0.4, 0.5) is 0 Å². The van der Waals surface area contributed by atoms with E-state index < -0.39 is 6.10 Å². The van der Waals surface area contributed by atoms with E-state index in [2.05, 4.69) is 0 Å². The second kappa shape index (κ2) is 4.97. The third kappa shape index (κ3) is 2.24. The van der Waals surface area contributed by atoms with Crippen LogP contribution in [0, 0.1) is 0 Å². The van der Waals surface area contributed by atoms with Crippen molar-refractivity contribution < 1.29 is 14.6 Å². The molecule has 104 valence electrons. The lowest BCUT2D eigenvalue weighted by atomic mass is 9.74. The number of benzene rings is 1. The Morgan fingerprint density at radius 1 is 1.47 bits per heavy atom. The minimum absolute atomic E-state index is 0.367. The highest BCUT2D eigenvalue weighted by Gasteiger charge is 2.44. The lowest BCUT2D eigenvalue weighted by molar-refractivity contribution is -0.148. The Bertz CT molecular complexity index is 477. The average molecular weight is 283 g/mol. The number of halogens is 1. The fraction of sp³-hybridized carbons (Fsp3) is 0.600. The van der Waals surface area contributed by atoms with Crippen molar-refractivity contribution in [2.45, 2.75) is 43.8 Å². The fourth-order valence-electron chi connectivity index (χ4n) is 3.09. The molecule has 2 aliphatic rings. The molecule has 1 saturated carbocycles. The highest BCUT2D eigenvalue weighted by Crippen LogP contribution is 2.41. The summed E-state index contributed by atoms with van der Waals surface area (Å²) in [6.45, 7) is 0.703. The number of fused-ring (bicyclic) bond motifs is 1. The topological polar surface area (TPSA) is 38.7 Å². The van der Waals surface area contributed by atoms with Crippen molar-refractivity contribution in [3.8, 4) is 5.75 Å². The van der Waals surface area contributed by atoms with E-state index in [9.17, 15) is 5.11 Å². The zero-order valence-electron chi connectivity index (χ0n) is 11.1. The van der Waals surface area contributed by atoms with Crippen LogP contribution in [-0.2, 0) is 17.6 Å². The van der Waals surface area contributed by atoms with Crippen LogP contribution in [0.5, 0.6) is 5.75 Å². The first kappa shape index (κ1) is 13.2. The molecule has 0 amide bonds. The van der Waals surface area contributed by atoms with E-state index in [4.69, 9.17) is 21.1 Å². The van der Waals surface area contributed by atoms with Gasteiger partial charge in [0.25, 0.3) is 0 Å². The van der Waals surface area contributed by atoms with Crippen molar-refractivity contribution in [3.05, 3.63) is 28.3 Å². The Morgan fingerprint density at radius 3 is 2.89 bits per heavy atom. The summed E-state index contributed by atoms with van der Waals surface area (Å²) in [5.74, 6) is 0.911. The van der Waals surface area contributed by atoms with Crippen molar-refractivity contribution in [2.24, 2.45) is 0 Å². The molecule has 3 nitrogen and oxygen atoms in total. The summed E-state index contributed by atoms with van der Waals surface area (Å²) in [5.41, 5.74) is 1.78. The third-order valence-corrected chi connectivity index (χ3v) is 4.67. The number of rotatable bonds is 4. The maximum Gasteiger partial charge on any atom is 0.126 e. The van der Waals surface area contributed by atoms with Crippen LogP contribution in [0.1, 0.15) is 30.4 Å². The summed E-state index contributed by atoms with van der Waals surface area (Å²) in [5, 5.41) is 11.2. The molecule has 0 aromatic heterocycles. The minimum Gasteiger partial charge on any atom is -0.493 e.